The molecule has 1 heterocycles. The second-order valence-corrected chi connectivity index (χ2v) is 6.36. The molecule has 0 radical (unpaired) electrons. The molecular weight excluding hydrogens is 330 g/mol. The average molecular weight is 357 g/mol. The first kappa shape index (κ1) is 18.5. The van der Waals surface area contributed by atoms with E-state index in [0.717, 1.165) is 37.4 Å². The number of rotatable bonds is 6. The molecule has 2 aromatic carbocycles. The number of hydrogen-bond acceptors (Lipinski definition) is 5. The van der Waals surface area contributed by atoms with Crippen LogP contribution in [0.1, 0.15) is 18.5 Å². The smallest absolute Gasteiger partial charge is 0.203 e. The predicted octanol–water partition coefficient (Wildman–Crippen LogP) is 3.77. The number of benzene rings is 2. The third kappa shape index (κ3) is 3.79. The van der Waals surface area contributed by atoms with Gasteiger partial charge in [0.1, 0.15) is 0 Å². The summed E-state index contributed by atoms with van der Waals surface area (Å²) in [5, 5.41) is 0. The SMILES string of the molecule is COc1cc(-c2ccc([C@H](C)N3CCOCC3)cc2)cc(OC)c1OC. The van der Waals surface area contributed by atoms with E-state index in [1.807, 2.05) is 12.1 Å². The molecule has 5 nitrogen and oxygen atoms in total. The molecule has 26 heavy (non-hydrogen) atoms. The first-order chi connectivity index (χ1) is 12.7. The molecule has 0 unspecified atom stereocenters. The first-order valence-electron chi connectivity index (χ1n) is 8.90. The van der Waals surface area contributed by atoms with Crippen molar-refractivity contribution in [1.29, 1.82) is 0 Å². The Hall–Kier alpha value is -2.24. The number of nitrogens with zero attached hydrogens (tertiary/aromatic N) is 1. The third-order valence-electron chi connectivity index (χ3n) is 4.98. The van der Waals surface area contributed by atoms with E-state index in [1.54, 1.807) is 21.3 Å². The molecule has 0 aliphatic carbocycles. The van der Waals surface area contributed by atoms with Crippen LogP contribution in [0, 0.1) is 0 Å². The number of ether oxygens (including phenoxy) is 4. The Morgan fingerprint density at radius 3 is 1.92 bits per heavy atom. The summed E-state index contributed by atoms with van der Waals surface area (Å²) in [5.74, 6) is 1.93. The monoisotopic (exact) mass is 357 g/mol. The summed E-state index contributed by atoms with van der Waals surface area (Å²) in [7, 11) is 4.88. The Balaban J connectivity index is 1.86. The van der Waals surface area contributed by atoms with Crippen molar-refractivity contribution in [2.75, 3.05) is 47.6 Å². The molecule has 0 amide bonds. The zero-order valence-corrected chi connectivity index (χ0v) is 16.0. The Kier molecular flexibility index (Phi) is 6.01. The van der Waals surface area contributed by atoms with Gasteiger partial charge in [-0.05, 0) is 35.7 Å². The van der Waals surface area contributed by atoms with Crippen molar-refractivity contribution in [3.8, 4) is 28.4 Å². The van der Waals surface area contributed by atoms with Crippen LogP contribution >= 0.6 is 0 Å². The van der Waals surface area contributed by atoms with Crippen LogP contribution in [0.2, 0.25) is 0 Å². The lowest BCUT2D eigenvalue weighted by molar-refractivity contribution is 0.0198. The lowest BCUT2D eigenvalue weighted by atomic mass is 10.00. The molecule has 0 aromatic heterocycles. The molecule has 0 N–H and O–H groups in total. The van der Waals surface area contributed by atoms with Crippen LogP contribution in [0.15, 0.2) is 36.4 Å². The fourth-order valence-corrected chi connectivity index (χ4v) is 3.38. The minimum atomic E-state index is 0.382. The summed E-state index contributed by atoms with van der Waals surface area (Å²) in [6.45, 7) is 5.84. The molecule has 1 fully saturated rings. The normalized spacial score (nSPS) is 16.2. The fourth-order valence-electron chi connectivity index (χ4n) is 3.38. The van der Waals surface area contributed by atoms with E-state index in [1.165, 1.54) is 5.56 Å². The molecule has 1 atom stereocenters. The van der Waals surface area contributed by atoms with Crippen molar-refractivity contribution >= 4 is 0 Å². The molecule has 0 spiro atoms. The second-order valence-electron chi connectivity index (χ2n) is 6.36. The van der Waals surface area contributed by atoms with Crippen molar-refractivity contribution in [2.45, 2.75) is 13.0 Å². The number of hydrogen-bond donors (Lipinski definition) is 0. The van der Waals surface area contributed by atoms with Gasteiger partial charge in [-0.15, -0.1) is 0 Å². The van der Waals surface area contributed by atoms with Crippen LogP contribution < -0.4 is 14.2 Å². The molecule has 1 saturated heterocycles. The van der Waals surface area contributed by atoms with Crippen molar-refractivity contribution in [1.82, 2.24) is 4.90 Å². The van der Waals surface area contributed by atoms with Gasteiger partial charge in [0, 0.05) is 19.1 Å². The number of methoxy groups -OCH3 is 3. The van der Waals surface area contributed by atoms with Crippen LogP contribution in [0.5, 0.6) is 17.2 Å². The summed E-state index contributed by atoms with van der Waals surface area (Å²) in [6.07, 6.45) is 0. The highest BCUT2D eigenvalue weighted by Gasteiger charge is 2.19. The van der Waals surface area contributed by atoms with Gasteiger partial charge in [0.25, 0.3) is 0 Å². The van der Waals surface area contributed by atoms with Gasteiger partial charge < -0.3 is 18.9 Å². The third-order valence-corrected chi connectivity index (χ3v) is 4.98. The van der Waals surface area contributed by atoms with Gasteiger partial charge in [-0.2, -0.15) is 0 Å². The Labute approximate surface area is 155 Å². The van der Waals surface area contributed by atoms with Gasteiger partial charge in [-0.1, -0.05) is 24.3 Å². The molecule has 5 heteroatoms. The summed E-state index contributed by atoms with van der Waals surface area (Å²) < 4.78 is 21.8. The van der Waals surface area contributed by atoms with Crippen molar-refractivity contribution in [3.05, 3.63) is 42.0 Å². The van der Waals surface area contributed by atoms with Crippen molar-refractivity contribution < 1.29 is 18.9 Å². The van der Waals surface area contributed by atoms with Crippen molar-refractivity contribution in [2.24, 2.45) is 0 Å². The maximum atomic E-state index is 5.46. The highest BCUT2D eigenvalue weighted by Crippen LogP contribution is 2.41. The maximum absolute atomic E-state index is 5.46. The van der Waals surface area contributed by atoms with Crippen LogP contribution in [-0.4, -0.2) is 52.5 Å². The van der Waals surface area contributed by atoms with Gasteiger partial charge in [-0.3, -0.25) is 4.90 Å². The Morgan fingerprint density at radius 1 is 0.846 bits per heavy atom. The Morgan fingerprint density at radius 2 is 1.42 bits per heavy atom. The number of morpholine rings is 1. The summed E-state index contributed by atoms with van der Waals surface area (Å²) in [5.41, 5.74) is 3.45. The Bertz CT molecular complexity index is 698. The van der Waals surface area contributed by atoms with E-state index in [-0.39, 0.29) is 0 Å². The van der Waals surface area contributed by atoms with Gasteiger partial charge in [0.2, 0.25) is 5.75 Å². The molecule has 1 aliphatic heterocycles. The fraction of sp³-hybridized carbons (Fsp3) is 0.429. The zero-order valence-electron chi connectivity index (χ0n) is 16.0. The summed E-state index contributed by atoms with van der Waals surface area (Å²) >= 11 is 0. The van der Waals surface area contributed by atoms with E-state index >= 15 is 0 Å². The van der Waals surface area contributed by atoms with Crippen LogP contribution in [0.3, 0.4) is 0 Å². The quantitative estimate of drug-likeness (QED) is 0.787. The van der Waals surface area contributed by atoms with Gasteiger partial charge in [-0.25, -0.2) is 0 Å². The van der Waals surface area contributed by atoms with E-state index in [9.17, 15) is 0 Å². The molecule has 0 bridgehead atoms. The van der Waals surface area contributed by atoms with Crippen molar-refractivity contribution in [3.63, 3.8) is 0 Å². The molecule has 140 valence electrons. The highest BCUT2D eigenvalue weighted by molar-refractivity contribution is 5.71. The predicted molar refractivity (Wildman–Crippen MR) is 102 cm³/mol. The van der Waals surface area contributed by atoms with Gasteiger partial charge in [0.05, 0.1) is 34.5 Å². The standard InChI is InChI=1S/C21H27NO4/c1-15(22-9-11-26-12-10-22)16-5-7-17(8-6-16)18-13-19(23-2)21(25-4)20(14-18)24-3/h5-8,13-15H,9-12H2,1-4H3/t15-/m0/s1. The molecule has 1 aliphatic rings. The minimum absolute atomic E-state index is 0.382. The topological polar surface area (TPSA) is 40.2 Å². The lowest BCUT2D eigenvalue weighted by Gasteiger charge is -2.32. The second kappa shape index (κ2) is 8.43. The highest BCUT2D eigenvalue weighted by atomic mass is 16.5. The maximum Gasteiger partial charge on any atom is 0.203 e. The molecule has 3 rings (SSSR count). The minimum Gasteiger partial charge on any atom is -0.493 e. The van der Waals surface area contributed by atoms with Gasteiger partial charge in [0.15, 0.2) is 11.5 Å². The zero-order chi connectivity index (χ0) is 18.5. The van der Waals surface area contributed by atoms with E-state index in [2.05, 4.69) is 36.1 Å². The summed E-state index contributed by atoms with van der Waals surface area (Å²) in [6, 6.07) is 13.0. The van der Waals surface area contributed by atoms with E-state index < -0.39 is 0 Å². The van der Waals surface area contributed by atoms with E-state index in [4.69, 9.17) is 18.9 Å². The lowest BCUT2D eigenvalue weighted by Crippen LogP contribution is -2.37. The molecule has 0 saturated carbocycles. The van der Waals surface area contributed by atoms with Crippen LogP contribution in [-0.2, 0) is 4.74 Å². The van der Waals surface area contributed by atoms with Gasteiger partial charge >= 0.3 is 0 Å². The molecule has 2 aromatic rings. The molecular formula is C21H27NO4. The van der Waals surface area contributed by atoms with Crippen LogP contribution in [0.4, 0.5) is 0 Å². The summed E-state index contributed by atoms with van der Waals surface area (Å²) in [4.78, 5) is 2.46. The first-order valence-corrected chi connectivity index (χ1v) is 8.90. The van der Waals surface area contributed by atoms with Crippen LogP contribution in [0.25, 0.3) is 11.1 Å². The van der Waals surface area contributed by atoms with E-state index in [0.29, 0.717) is 23.3 Å². The average Bonchev–Trinajstić information content (AvgIpc) is 2.72. The largest absolute Gasteiger partial charge is 0.493 e.